The Labute approximate surface area is 148 Å². The van der Waals surface area contributed by atoms with Crippen LogP contribution in [0.25, 0.3) is 11.0 Å². The summed E-state index contributed by atoms with van der Waals surface area (Å²) in [7, 11) is 0. The molecule has 23 heavy (non-hydrogen) atoms. The summed E-state index contributed by atoms with van der Waals surface area (Å²) in [6, 6.07) is 0.143. The Morgan fingerprint density at radius 2 is 2.39 bits per heavy atom. The quantitative estimate of drug-likeness (QED) is 0.621. The molecular weight excluding hydrogens is 386 g/mol. The van der Waals surface area contributed by atoms with Crippen molar-refractivity contribution < 1.29 is 9.90 Å². The van der Waals surface area contributed by atoms with Crippen molar-refractivity contribution in [3.8, 4) is 0 Å². The molecule has 1 unspecified atom stereocenters. The fourth-order valence-electron chi connectivity index (χ4n) is 2.69. The van der Waals surface area contributed by atoms with E-state index in [0.29, 0.717) is 11.3 Å². The van der Waals surface area contributed by atoms with E-state index in [1.165, 1.54) is 6.92 Å². The molecule has 1 aliphatic heterocycles. The van der Waals surface area contributed by atoms with Crippen LogP contribution in [0.3, 0.4) is 0 Å². The fourth-order valence-corrected chi connectivity index (χ4v) is 3.24. The number of pyridine rings is 1. The molecule has 0 aliphatic carbocycles. The van der Waals surface area contributed by atoms with Crippen molar-refractivity contribution in [3.05, 3.63) is 16.9 Å². The van der Waals surface area contributed by atoms with Crippen LogP contribution in [0.5, 0.6) is 0 Å². The summed E-state index contributed by atoms with van der Waals surface area (Å²) in [5, 5.41) is 12.9. The van der Waals surface area contributed by atoms with Crippen LogP contribution in [0.15, 0.2) is 16.9 Å². The average Bonchev–Trinajstić information content (AvgIpc) is 3.06. The molecule has 1 aliphatic rings. The second-order valence-electron chi connectivity index (χ2n) is 5.54. The number of H-pyrrole nitrogens is 1. The number of halogens is 2. The van der Waals surface area contributed by atoms with Gasteiger partial charge in [0.05, 0.1) is 21.2 Å². The lowest BCUT2D eigenvalue weighted by molar-refractivity contribution is -0.123. The third-order valence-corrected chi connectivity index (χ3v) is 4.39. The van der Waals surface area contributed by atoms with Crippen LogP contribution in [-0.4, -0.2) is 46.2 Å². The second-order valence-corrected chi connectivity index (χ2v) is 6.40. The molecule has 1 amide bonds. The number of aromatic nitrogens is 2. The number of amides is 1. The van der Waals surface area contributed by atoms with Crippen LogP contribution in [0.2, 0.25) is 0 Å². The zero-order valence-electron chi connectivity index (χ0n) is 12.5. The van der Waals surface area contributed by atoms with Gasteiger partial charge in [-0.05, 0) is 29.3 Å². The molecule has 126 valence electrons. The molecule has 3 heterocycles. The number of nitrogens with two attached hydrogens (primary N) is 1. The first-order valence-corrected chi connectivity index (χ1v) is 7.91. The van der Waals surface area contributed by atoms with Crippen molar-refractivity contribution in [2.45, 2.75) is 25.5 Å². The van der Waals surface area contributed by atoms with E-state index in [2.05, 4.69) is 36.1 Å². The average molecular weight is 405 g/mol. The van der Waals surface area contributed by atoms with Crippen molar-refractivity contribution >= 4 is 56.7 Å². The standard InChI is InChI=1S/C14H18BrN5O2.ClH/c1-7(21)14(22)19-10-5-18-13-11(10)12(9(15)4-17-13)20-3-2-8(16)6-20;/h4-5,7-8,21H,2-3,6,16H2,1H3,(H,17,18)(H,19,22);1H/t7?,8-;/m1./s1. The first kappa shape index (κ1) is 18.0. The smallest absolute Gasteiger partial charge is 0.252 e. The van der Waals surface area contributed by atoms with Gasteiger partial charge in [-0.2, -0.15) is 0 Å². The summed E-state index contributed by atoms with van der Waals surface area (Å²) in [6.45, 7) is 3.04. The minimum atomic E-state index is -1.08. The Bertz CT molecular complexity index is 721. The van der Waals surface area contributed by atoms with Crippen molar-refractivity contribution in [1.82, 2.24) is 9.97 Å². The van der Waals surface area contributed by atoms with E-state index >= 15 is 0 Å². The number of nitrogens with one attached hydrogen (secondary N) is 2. The van der Waals surface area contributed by atoms with Gasteiger partial charge in [0.25, 0.3) is 5.91 Å². The van der Waals surface area contributed by atoms with E-state index in [1.54, 1.807) is 12.4 Å². The summed E-state index contributed by atoms with van der Waals surface area (Å²) in [4.78, 5) is 21.3. The van der Waals surface area contributed by atoms with Gasteiger partial charge in [0, 0.05) is 31.5 Å². The summed E-state index contributed by atoms with van der Waals surface area (Å²) in [5.74, 6) is -0.454. The maximum absolute atomic E-state index is 11.8. The van der Waals surface area contributed by atoms with Crippen LogP contribution in [-0.2, 0) is 4.79 Å². The number of hydrogen-bond acceptors (Lipinski definition) is 5. The van der Waals surface area contributed by atoms with Crippen molar-refractivity contribution in [2.75, 3.05) is 23.3 Å². The summed E-state index contributed by atoms with van der Waals surface area (Å²) in [5.41, 5.74) is 8.25. The number of nitrogens with zero attached hydrogens (tertiary/aromatic N) is 2. The van der Waals surface area contributed by atoms with E-state index in [9.17, 15) is 9.90 Å². The zero-order valence-corrected chi connectivity index (χ0v) is 14.9. The topological polar surface area (TPSA) is 107 Å². The van der Waals surface area contributed by atoms with Crippen molar-refractivity contribution in [3.63, 3.8) is 0 Å². The van der Waals surface area contributed by atoms with Crippen LogP contribution >= 0.6 is 28.3 Å². The van der Waals surface area contributed by atoms with Gasteiger partial charge < -0.3 is 26.0 Å². The third kappa shape index (κ3) is 3.45. The number of anilines is 2. The van der Waals surface area contributed by atoms with Gasteiger partial charge in [-0.15, -0.1) is 12.4 Å². The molecule has 1 saturated heterocycles. The molecule has 0 spiro atoms. The number of aliphatic hydroxyl groups is 1. The highest BCUT2D eigenvalue weighted by atomic mass is 79.9. The molecule has 1 fully saturated rings. The lowest BCUT2D eigenvalue weighted by atomic mass is 10.2. The van der Waals surface area contributed by atoms with Gasteiger partial charge in [-0.3, -0.25) is 4.79 Å². The number of carbonyl (C=O) groups is 1. The third-order valence-electron chi connectivity index (χ3n) is 3.81. The maximum atomic E-state index is 11.8. The molecule has 2 aromatic rings. The SMILES string of the molecule is CC(O)C(=O)Nc1c[nH]c2ncc(Br)c(N3CC[C@@H](N)C3)c12.Cl. The minimum absolute atomic E-state index is 0. The van der Waals surface area contributed by atoms with Crippen LogP contribution in [0.1, 0.15) is 13.3 Å². The van der Waals surface area contributed by atoms with E-state index in [0.717, 1.165) is 35.1 Å². The number of fused-ring (bicyclic) bond motifs is 1. The number of aliphatic hydroxyl groups excluding tert-OH is 1. The molecule has 5 N–H and O–H groups in total. The predicted molar refractivity (Wildman–Crippen MR) is 96.2 cm³/mol. The Hall–Kier alpha value is -1.35. The van der Waals surface area contributed by atoms with Crippen LogP contribution in [0.4, 0.5) is 11.4 Å². The van der Waals surface area contributed by atoms with Gasteiger partial charge in [-0.25, -0.2) is 4.98 Å². The molecular formula is C14H19BrClN5O2. The molecule has 9 heteroatoms. The van der Waals surface area contributed by atoms with Gasteiger partial charge in [0.15, 0.2) is 0 Å². The van der Waals surface area contributed by atoms with Crippen molar-refractivity contribution in [1.29, 1.82) is 0 Å². The van der Waals surface area contributed by atoms with Gasteiger partial charge >= 0.3 is 0 Å². The molecule has 7 nitrogen and oxygen atoms in total. The van der Waals surface area contributed by atoms with Crippen LogP contribution in [0, 0.1) is 0 Å². The van der Waals surface area contributed by atoms with E-state index in [4.69, 9.17) is 5.73 Å². The normalized spacial score (nSPS) is 18.8. The summed E-state index contributed by atoms with van der Waals surface area (Å²) in [6.07, 6.45) is 3.27. The Balaban J connectivity index is 0.00000192. The highest BCUT2D eigenvalue weighted by molar-refractivity contribution is 9.10. The molecule has 2 aromatic heterocycles. The minimum Gasteiger partial charge on any atom is -0.384 e. The number of carbonyl (C=O) groups excluding carboxylic acids is 1. The summed E-state index contributed by atoms with van der Waals surface area (Å²) >= 11 is 3.54. The molecule has 0 radical (unpaired) electrons. The molecule has 0 aromatic carbocycles. The van der Waals surface area contributed by atoms with Gasteiger partial charge in [0.2, 0.25) is 0 Å². The largest absolute Gasteiger partial charge is 0.384 e. The Morgan fingerprint density at radius 1 is 1.65 bits per heavy atom. The first-order valence-electron chi connectivity index (χ1n) is 7.12. The Kier molecular flexibility index (Phi) is 5.51. The lowest BCUT2D eigenvalue weighted by Gasteiger charge is -2.21. The van der Waals surface area contributed by atoms with E-state index < -0.39 is 12.0 Å². The number of aromatic amines is 1. The summed E-state index contributed by atoms with van der Waals surface area (Å²) < 4.78 is 0.848. The highest BCUT2D eigenvalue weighted by Gasteiger charge is 2.25. The fraction of sp³-hybridized carbons (Fsp3) is 0.429. The van der Waals surface area contributed by atoms with Crippen molar-refractivity contribution in [2.24, 2.45) is 5.73 Å². The van der Waals surface area contributed by atoms with Gasteiger partial charge in [-0.1, -0.05) is 0 Å². The van der Waals surface area contributed by atoms with E-state index in [-0.39, 0.29) is 18.4 Å². The van der Waals surface area contributed by atoms with Gasteiger partial charge in [0.1, 0.15) is 11.8 Å². The lowest BCUT2D eigenvalue weighted by Crippen LogP contribution is -2.27. The molecule has 0 saturated carbocycles. The Morgan fingerprint density at radius 3 is 3.00 bits per heavy atom. The number of hydrogen-bond donors (Lipinski definition) is 4. The first-order chi connectivity index (χ1) is 10.5. The second kappa shape index (κ2) is 7.04. The van der Waals surface area contributed by atoms with E-state index in [1.807, 2.05) is 0 Å². The molecule has 3 rings (SSSR count). The van der Waals surface area contributed by atoms with Crippen LogP contribution < -0.4 is 16.0 Å². The highest BCUT2D eigenvalue weighted by Crippen LogP contribution is 2.39. The number of rotatable bonds is 3. The maximum Gasteiger partial charge on any atom is 0.252 e. The predicted octanol–water partition coefficient (Wildman–Crippen LogP) is 1.60. The molecule has 2 atom stereocenters. The monoisotopic (exact) mass is 403 g/mol. The zero-order chi connectivity index (χ0) is 15.9. The molecule has 0 bridgehead atoms.